The molecule has 2 aromatic carbocycles. The van der Waals surface area contributed by atoms with E-state index in [4.69, 9.17) is 9.15 Å². The number of hydrogen-bond donors (Lipinski definition) is 0. The molecule has 0 fully saturated rings. The molecule has 0 amide bonds. The Hall–Kier alpha value is -2.27. The van der Waals surface area contributed by atoms with Gasteiger partial charge in [-0.2, -0.15) is 0 Å². The van der Waals surface area contributed by atoms with Crippen LogP contribution in [0.4, 0.5) is 0 Å². The molecule has 0 aliphatic rings. The van der Waals surface area contributed by atoms with Gasteiger partial charge in [-0.1, -0.05) is 47.2 Å². The quantitative estimate of drug-likeness (QED) is 0.638. The van der Waals surface area contributed by atoms with Gasteiger partial charge in [0, 0.05) is 16.9 Å². The van der Waals surface area contributed by atoms with E-state index < -0.39 is 0 Å². The second-order valence-corrected chi connectivity index (χ2v) is 6.27. The zero-order chi connectivity index (χ0) is 16.2. The highest BCUT2D eigenvalue weighted by molar-refractivity contribution is 7.98. The molecule has 0 saturated carbocycles. The predicted octanol–water partition coefficient (Wildman–Crippen LogP) is 4.65. The molecule has 1 heterocycles. The Labute approximate surface area is 139 Å². The van der Waals surface area contributed by atoms with Crippen LogP contribution in [0.3, 0.4) is 0 Å². The molecule has 1 aromatic heterocycles. The smallest absolute Gasteiger partial charge is 0.277 e. The van der Waals surface area contributed by atoms with Crippen LogP contribution in [0.5, 0.6) is 5.75 Å². The largest absolute Gasteiger partial charge is 0.496 e. The van der Waals surface area contributed by atoms with E-state index in [9.17, 15) is 0 Å². The number of rotatable bonds is 5. The first kappa shape index (κ1) is 15.6. The van der Waals surface area contributed by atoms with Gasteiger partial charge in [0.2, 0.25) is 5.89 Å². The van der Waals surface area contributed by atoms with Crippen molar-refractivity contribution in [2.24, 2.45) is 0 Å². The van der Waals surface area contributed by atoms with Crippen molar-refractivity contribution in [3.8, 4) is 17.2 Å². The molecular formula is C18H18N2O2S. The summed E-state index contributed by atoms with van der Waals surface area (Å²) in [5.74, 6) is 2.15. The van der Waals surface area contributed by atoms with Gasteiger partial charge in [-0.05, 0) is 32.0 Å². The van der Waals surface area contributed by atoms with Gasteiger partial charge in [-0.3, -0.25) is 0 Å². The average Bonchev–Trinajstić information content (AvgIpc) is 3.02. The normalized spacial score (nSPS) is 10.7. The molecule has 0 saturated heterocycles. The predicted molar refractivity (Wildman–Crippen MR) is 91.8 cm³/mol. The minimum atomic E-state index is 0.549. The Kier molecular flexibility index (Phi) is 4.67. The summed E-state index contributed by atoms with van der Waals surface area (Å²) in [5, 5.41) is 8.81. The number of nitrogens with zero attached hydrogens (tertiary/aromatic N) is 2. The van der Waals surface area contributed by atoms with E-state index in [0.29, 0.717) is 11.1 Å². The van der Waals surface area contributed by atoms with Crippen LogP contribution in [0.2, 0.25) is 0 Å². The topological polar surface area (TPSA) is 48.2 Å². The van der Waals surface area contributed by atoms with E-state index in [0.717, 1.165) is 22.6 Å². The number of methoxy groups -OCH3 is 1. The highest BCUT2D eigenvalue weighted by atomic mass is 32.2. The Morgan fingerprint density at radius 2 is 1.87 bits per heavy atom. The lowest BCUT2D eigenvalue weighted by Gasteiger charge is -2.07. The lowest BCUT2D eigenvalue weighted by Crippen LogP contribution is -1.91. The van der Waals surface area contributed by atoms with Crippen molar-refractivity contribution in [1.82, 2.24) is 10.2 Å². The van der Waals surface area contributed by atoms with Crippen molar-refractivity contribution in [3.05, 3.63) is 59.2 Å². The maximum atomic E-state index is 5.75. The summed E-state index contributed by atoms with van der Waals surface area (Å²) < 4.78 is 11.1. The summed E-state index contributed by atoms with van der Waals surface area (Å²) in [6.45, 7) is 4.11. The number of thioether (sulfide) groups is 1. The highest BCUT2D eigenvalue weighted by Gasteiger charge is 2.11. The van der Waals surface area contributed by atoms with Crippen molar-refractivity contribution >= 4 is 11.8 Å². The van der Waals surface area contributed by atoms with Gasteiger partial charge >= 0.3 is 0 Å². The van der Waals surface area contributed by atoms with Gasteiger partial charge in [0.25, 0.3) is 5.22 Å². The first-order chi connectivity index (χ1) is 11.2. The first-order valence-electron chi connectivity index (χ1n) is 7.32. The number of hydrogen-bond acceptors (Lipinski definition) is 5. The number of aryl methyl sites for hydroxylation is 2. The third kappa shape index (κ3) is 3.74. The van der Waals surface area contributed by atoms with Gasteiger partial charge in [0.15, 0.2) is 0 Å². The van der Waals surface area contributed by atoms with Crippen LogP contribution in [-0.2, 0) is 5.75 Å². The molecule has 23 heavy (non-hydrogen) atoms. The molecule has 118 valence electrons. The monoisotopic (exact) mass is 326 g/mol. The molecule has 0 aliphatic heterocycles. The molecule has 0 atom stereocenters. The van der Waals surface area contributed by atoms with Crippen LogP contribution in [0, 0.1) is 13.8 Å². The fraction of sp³-hybridized carbons (Fsp3) is 0.222. The number of ether oxygens (including phenoxy) is 1. The van der Waals surface area contributed by atoms with E-state index in [1.165, 1.54) is 22.9 Å². The zero-order valence-electron chi connectivity index (χ0n) is 13.4. The number of aromatic nitrogens is 2. The standard InChI is InChI=1S/C18H18N2O2S/c1-12-5-4-6-14(9-12)17-19-20-18(22-17)23-11-15-10-13(2)7-8-16(15)21-3/h4-10H,11H2,1-3H3. The molecule has 0 radical (unpaired) electrons. The molecule has 5 heteroatoms. The third-order valence-electron chi connectivity index (χ3n) is 3.46. The SMILES string of the molecule is COc1ccc(C)cc1CSc1nnc(-c2cccc(C)c2)o1. The summed E-state index contributed by atoms with van der Waals surface area (Å²) in [6, 6.07) is 14.2. The Balaban J connectivity index is 1.74. The average molecular weight is 326 g/mol. The lowest BCUT2D eigenvalue weighted by atomic mass is 10.1. The summed E-state index contributed by atoms with van der Waals surface area (Å²) in [4.78, 5) is 0. The van der Waals surface area contributed by atoms with E-state index in [-0.39, 0.29) is 0 Å². The Morgan fingerprint density at radius 1 is 1.04 bits per heavy atom. The summed E-state index contributed by atoms with van der Waals surface area (Å²) >= 11 is 1.51. The van der Waals surface area contributed by atoms with Crippen molar-refractivity contribution < 1.29 is 9.15 Å². The van der Waals surface area contributed by atoms with Crippen LogP contribution in [-0.4, -0.2) is 17.3 Å². The molecule has 3 rings (SSSR count). The van der Waals surface area contributed by atoms with Gasteiger partial charge in [0.05, 0.1) is 7.11 Å². The Morgan fingerprint density at radius 3 is 2.65 bits per heavy atom. The van der Waals surface area contributed by atoms with Gasteiger partial charge in [-0.25, -0.2) is 0 Å². The number of benzene rings is 2. The second-order valence-electron chi connectivity index (χ2n) is 5.35. The van der Waals surface area contributed by atoms with Crippen LogP contribution >= 0.6 is 11.8 Å². The molecule has 4 nitrogen and oxygen atoms in total. The minimum Gasteiger partial charge on any atom is -0.496 e. The zero-order valence-corrected chi connectivity index (χ0v) is 14.2. The van der Waals surface area contributed by atoms with Crippen molar-refractivity contribution in [3.63, 3.8) is 0 Å². The highest BCUT2D eigenvalue weighted by Crippen LogP contribution is 2.29. The van der Waals surface area contributed by atoms with E-state index in [1.54, 1.807) is 7.11 Å². The lowest BCUT2D eigenvalue weighted by molar-refractivity contribution is 0.411. The van der Waals surface area contributed by atoms with Crippen LogP contribution in [0.25, 0.3) is 11.5 Å². The fourth-order valence-electron chi connectivity index (χ4n) is 2.32. The van der Waals surface area contributed by atoms with Crippen LogP contribution in [0.1, 0.15) is 16.7 Å². The summed E-state index contributed by atoms with van der Waals surface area (Å²) in [5.41, 5.74) is 4.43. The summed E-state index contributed by atoms with van der Waals surface area (Å²) in [6.07, 6.45) is 0. The Bertz CT molecular complexity index is 814. The molecule has 0 aliphatic carbocycles. The minimum absolute atomic E-state index is 0.549. The van der Waals surface area contributed by atoms with Gasteiger partial charge < -0.3 is 9.15 Å². The van der Waals surface area contributed by atoms with E-state index in [1.807, 2.05) is 43.3 Å². The van der Waals surface area contributed by atoms with E-state index in [2.05, 4.69) is 23.2 Å². The molecular weight excluding hydrogens is 308 g/mol. The second kappa shape index (κ2) is 6.87. The van der Waals surface area contributed by atoms with Gasteiger partial charge in [-0.15, -0.1) is 10.2 Å². The van der Waals surface area contributed by atoms with Crippen LogP contribution in [0.15, 0.2) is 52.1 Å². The van der Waals surface area contributed by atoms with Crippen molar-refractivity contribution in [1.29, 1.82) is 0 Å². The maximum Gasteiger partial charge on any atom is 0.277 e. The molecule has 0 spiro atoms. The summed E-state index contributed by atoms with van der Waals surface area (Å²) in [7, 11) is 1.68. The van der Waals surface area contributed by atoms with Crippen LogP contribution < -0.4 is 4.74 Å². The van der Waals surface area contributed by atoms with E-state index >= 15 is 0 Å². The van der Waals surface area contributed by atoms with Crippen molar-refractivity contribution in [2.45, 2.75) is 24.8 Å². The maximum absolute atomic E-state index is 5.75. The molecule has 0 unspecified atom stereocenters. The molecule has 3 aromatic rings. The molecule has 0 bridgehead atoms. The van der Waals surface area contributed by atoms with Gasteiger partial charge in [0.1, 0.15) is 5.75 Å². The third-order valence-corrected chi connectivity index (χ3v) is 4.33. The molecule has 0 N–H and O–H groups in total. The first-order valence-corrected chi connectivity index (χ1v) is 8.31. The van der Waals surface area contributed by atoms with Crippen molar-refractivity contribution in [2.75, 3.05) is 7.11 Å². The fourth-order valence-corrected chi connectivity index (χ4v) is 3.06.